The molecule has 2 heterocycles. The van der Waals surface area contributed by atoms with Crippen LogP contribution < -0.4 is 10.6 Å². The zero-order chi connectivity index (χ0) is 26.4. The molecule has 37 heavy (non-hydrogen) atoms. The highest BCUT2D eigenvalue weighted by Gasteiger charge is 2.26. The Bertz CT molecular complexity index is 1350. The zero-order valence-corrected chi connectivity index (χ0v) is 22.9. The number of thioether (sulfide) groups is 1. The van der Waals surface area contributed by atoms with E-state index in [4.69, 9.17) is 0 Å². The summed E-state index contributed by atoms with van der Waals surface area (Å²) in [4.78, 5) is 31.2. The number of carbonyl (C=O) groups is 2. The number of benzene rings is 2. The molecule has 192 valence electrons. The topological polar surface area (TPSA) is 102 Å². The van der Waals surface area contributed by atoms with Crippen LogP contribution in [-0.2, 0) is 11.3 Å². The molecule has 2 aromatic heterocycles. The minimum atomic E-state index is -0.321. The van der Waals surface area contributed by atoms with Gasteiger partial charge in [0.25, 0.3) is 5.91 Å². The molecule has 2 amide bonds. The molecular weight excluding hydrogens is 504 g/mol. The van der Waals surface area contributed by atoms with Crippen LogP contribution in [0.3, 0.4) is 0 Å². The van der Waals surface area contributed by atoms with Crippen LogP contribution in [0.25, 0.3) is 11.3 Å². The monoisotopic (exact) mass is 534 g/mol. The number of nitrogens with zero attached hydrogens (tertiary/aromatic N) is 4. The maximum absolute atomic E-state index is 12.8. The van der Waals surface area contributed by atoms with Crippen molar-refractivity contribution in [3.8, 4) is 11.3 Å². The first kappa shape index (κ1) is 26.6. The van der Waals surface area contributed by atoms with Gasteiger partial charge in [0.2, 0.25) is 5.91 Å². The first-order valence-electron chi connectivity index (χ1n) is 12.1. The van der Waals surface area contributed by atoms with E-state index in [1.54, 1.807) is 12.1 Å². The third kappa shape index (κ3) is 6.44. The van der Waals surface area contributed by atoms with Crippen LogP contribution in [0.4, 0.5) is 5.13 Å². The standard InChI is InChI=1S/C27H30N6O2S2/c1-5-33-24(22(17(2)3)29-25(35)20-14-10-7-11-15-20)31-32-27(33)36-16-21(34)28-26-30-23(18(4)37-26)19-12-8-6-9-13-19/h6-15,17,22H,5,16H2,1-4H3,(H,29,35)(H,28,30,34)/t22-/m0/s1. The lowest BCUT2D eigenvalue weighted by Gasteiger charge is -2.22. The van der Waals surface area contributed by atoms with Crippen molar-refractivity contribution in [1.82, 2.24) is 25.1 Å². The van der Waals surface area contributed by atoms with E-state index >= 15 is 0 Å². The lowest BCUT2D eigenvalue weighted by atomic mass is 10.0. The quantitative estimate of drug-likeness (QED) is 0.257. The fourth-order valence-corrected chi connectivity index (χ4v) is 5.54. The summed E-state index contributed by atoms with van der Waals surface area (Å²) in [7, 11) is 0. The highest BCUT2D eigenvalue weighted by atomic mass is 32.2. The van der Waals surface area contributed by atoms with Crippen molar-refractivity contribution in [2.24, 2.45) is 5.92 Å². The second kappa shape index (κ2) is 12.2. The van der Waals surface area contributed by atoms with Crippen molar-refractivity contribution in [3.63, 3.8) is 0 Å². The summed E-state index contributed by atoms with van der Waals surface area (Å²) in [5.74, 6) is 0.610. The maximum atomic E-state index is 12.8. The number of anilines is 1. The Hall–Kier alpha value is -3.50. The summed E-state index contributed by atoms with van der Waals surface area (Å²) in [5, 5.41) is 15.9. The average Bonchev–Trinajstić information content (AvgIpc) is 3.48. The Morgan fingerprint density at radius 3 is 2.35 bits per heavy atom. The molecule has 0 aliphatic carbocycles. The summed E-state index contributed by atoms with van der Waals surface area (Å²) >= 11 is 2.77. The number of nitrogens with one attached hydrogen (secondary N) is 2. The van der Waals surface area contributed by atoms with Gasteiger partial charge >= 0.3 is 0 Å². The van der Waals surface area contributed by atoms with Crippen LogP contribution in [0.1, 0.15) is 47.9 Å². The Kier molecular flexibility index (Phi) is 8.73. The molecule has 10 heteroatoms. The predicted molar refractivity (Wildman–Crippen MR) is 149 cm³/mol. The van der Waals surface area contributed by atoms with E-state index in [0.717, 1.165) is 16.1 Å². The van der Waals surface area contributed by atoms with Gasteiger partial charge < -0.3 is 15.2 Å². The predicted octanol–water partition coefficient (Wildman–Crippen LogP) is 5.59. The van der Waals surface area contributed by atoms with Gasteiger partial charge in [-0.25, -0.2) is 4.98 Å². The maximum Gasteiger partial charge on any atom is 0.251 e. The van der Waals surface area contributed by atoms with E-state index in [1.165, 1.54) is 23.1 Å². The zero-order valence-electron chi connectivity index (χ0n) is 21.3. The molecule has 2 aromatic carbocycles. The number of thiazole rings is 1. The van der Waals surface area contributed by atoms with Crippen molar-refractivity contribution >= 4 is 40.0 Å². The van der Waals surface area contributed by atoms with Crippen molar-refractivity contribution in [1.29, 1.82) is 0 Å². The molecule has 0 bridgehead atoms. The van der Waals surface area contributed by atoms with Gasteiger partial charge in [-0.05, 0) is 31.9 Å². The molecular formula is C27H30N6O2S2. The number of aryl methyl sites for hydroxylation is 1. The first-order valence-corrected chi connectivity index (χ1v) is 13.9. The van der Waals surface area contributed by atoms with Gasteiger partial charge in [0.05, 0.1) is 17.5 Å². The third-order valence-electron chi connectivity index (χ3n) is 5.75. The molecule has 0 aliphatic rings. The largest absolute Gasteiger partial charge is 0.342 e. The number of rotatable bonds is 10. The molecule has 2 N–H and O–H groups in total. The molecule has 4 rings (SSSR count). The van der Waals surface area contributed by atoms with Gasteiger partial charge in [0, 0.05) is 22.5 Å². The summed E-state index contributed by atoms with van der Waals surface area (Å²) in [6, 6.07) is 18.7. The van der Waals surface area contributed by atoms with Crippen molar-refractivity contribution < 1.29 is 9.59 Å². The van der Waals surface area contributed by atoms with Crippen LogP contribution in [0.15, 0.2) is 65.8 Å². The van der Waals surface area contributed by atoms with Crippen LogP contribution in [-0.4, -0.2) is 37.3 Å². The van der Waals surface area contributed by atoms with Gasteiger partial charge in [0.15, 0.2) is 16.1 Å². The minimum Gasteiger partial charge on any atom is -0.342 e. The van der Waals surface area contributed by atoms with Crippen LogP contribution in [0, 0.1) is 12.8 Å². The number of hydrogen-bond acceptors (Lipinski definition) is 7. The number of aromatic nitrogens is 4. The molecule has 1 atom stereocenters. The van der Waals surface area contributed by atoms with Gasteiger partial charge in [-0.2, -0.15) is 0 Å². The van der Waals surface area contributed by atoms with Gasteiger partial charge in [-0.3, -0.25) is 9.59 Å². The molecule has 8 nitrogen and oxygen atoms in total. The van der Waals surface area contributed by atoms with Gasteiger partial charge in [-0.1, -0.05) is 74.1 Å². The lowest BCUT2D eigenvalue weighted by molar-refractivity contribution is -0.113. The highest BCUT2D eigenvalue weighted by Crippen LogP contribution is 2.31. The van der Waals surface area contributed by atoms with E-state index in [0.29, 0.717) is 28.2 Å². The van der Waals surface area contributed by atoms with Gasteiger partial charge in [-0.15, -0.1) is 21.5 Å². The lowest BCUT2D eigenvalue weighted by Crippen LogP contribution is -2.33. The van der Waals surface area contributed by atoms with E-state index in [-0.39, 0.29) is 29.5 Å². The second-order valence-corrected chi connectivity index (χ2v) is 10.9. The number of amides is 2. The normalized spacial score (nSPS) is 11.9. The molecule has 0 saturated heterocycles. The SMILES string of the molecule is CCn1c(SCC(=O)Nc2nc(-c3ccccc3)c(C)s2)nnc1[C@@H](NC(=O)c1ccccc1)C(C)C. The summed E-state index contributed by atoms with van der Waals surface area (Å²) in [6.07, 6.45) is 0. The Morgan fingerprint density at radius 1 is 1.03 bits per heavy atom. The second-order valence-electron chi connectivity index (χ2n) is 8.77. The fourth-order valence-electron chi connectivity index (χ4n) is 3.88. The van der Waals surface area contributed by atoms with Gasteiger partial charge in [0.1, 0.15) is 0 Å². The summed E-state index contributed by atoms with van der Waals surface area (Å²) in [5.41, 5.74) is 2.49. The van der Waals surface area contributed by atoms with Crippen LogP contribution in [0.5, 0.6) is 0 Å². The van der Waals surface area contributed by atoms with E-state index in [9.17, 15) is 9.59 Å². The summed E-state index contributed by atoms with van der Waals surface area (Å²) < 4.78 is 1.95. The summed E-state index contributed by atoms with van der Waals surface area (Å²) in [6.45, 7) is 8.67. The smallest absolute Gasteiger partial charge is 0.251 e. The van der Waals surface area contributed by atoms with Crippen LogP contribution in [0.2, 0.25) is 0 Å². The number of carbonyl (C=O) groups excluding carboxylic acids is 2. The van der Waals surface area contributed by atoms with Crippen LogP contribution >= 0.6 is 23.1 Å². The molecule has 0 spiro atoms. The molecule has 4 aromatic rings. The molecule has 0 saturated carbocycles. The van der Waals surface area contributed by atoms with E-state index in [2.05, 4.69) is 25.8 Å². The third-order valence-corrected chi connectivity index (χ3v) is 7.60. The molecule has 0 unspecified atom stereocenters. The van der Waals surface area contributed by atoms with E-state index < -0.39 is 0 Å². The van der Waals surface area contributed by atoms with Crippen molar-refractivity contribution in [3.05, 3.63) is 76.9 Å². The first-order chi connectivity index (χ1) is 17.9. The molecule has 0 fully saturated rings. The fraction of sp³-hybridized carbons (Fsp3) is 0.296. The Morgan fingerprint density at radius 2 is 1.70 bits per heavy atom. The highest BCUT2D eigenvalue weighted by molar-refractivity contribution is 7.99. The Labute approximate surface area is 224 Å². The van der Waals surface area contributed by atoms with Crippen molar-refractivity contribution in [2.45, 2.75) is 45.4 Å². The molecule has 0 aliphatic heterocycles. The van der Waals surface area contributed by atoms with Crippen molar-refractivity contribution in [2.75, 3.05) is 11.1 Å². The Balaban J connectivity index is 1.42. The minimum absolute atomic E-state index is 0.0928. The molecule has 0 radical (unpaired) electrons. The number of hydrogen-bond donors (Lipinski definition) is 2. The average molecular weight is 535 g/mol. The van der Waals surface area contributed by atoms with E-state index in [1.807, 2.05) is 80.8 Å².